The Morgan fingerprint density at radius 3 is 1.94 bits per heavy atom. The van der Waals surface area contributed by atoms with E-state index in [9.17, 15) is 16.8 Å². The molecule has 7 heteroatoms. The first-order valence-corrected chi connectivity index (χ1v) is 8.99. The molecule has 0 aliphatic rings. The molecular weight excluding hydrogens is 250 g/mol. The smallest absolute Gasteiger partial charge is 0.153 e. The largest absolute Gasteiger partial charge is 0.315 e. The molecule has 98 valence electrons. The second kappa shape index (κ2) is 5.46. The van der Waals surface area contributed by atoms with Crippen molar-refractivity contribution in [2.45, 2.75) is 25.0 Å². The summed E-state index contributed by atoms with van der Waals surface area (Å²) in [6, 6.07) is 0. The SMILES string of the molecule is CC(C)(CNCCCS(C)(=O)=O)S(C)(=O)=O. The molecule has 5 nitrogen and oxygen atoms in total. The molecule has 0 saturated heterocycles. The topological polar surface area (TPSA) is 80.3 Å². The Morgan fingerprint density at radius 2 is 1.56 bits per heavy atom. The predicted molar refractivity (Wildman–Crippen MR) is 66.1 cm³/mol. The fourth-order valence-electron chi connectivity index (χ4n) is 0.980. The van der Waals surface area contributed by atoms with E-state index in [1.54, 1.807) is 13.8 Å². The summed E-state index contributed by atoms with van der Waals surface area (Å²) in [5.74, 6) is 0.124. The summed E-state index contributed by atoms with van der Waals surface area (Å²) in [6.07, 6.45) is 2.89. The Morgan fingerprint density at radius 1 is 1.06 bits per heavy atom. The zero-order valence-electron chi connectivity index (χ0n) is 10.3. The Kier molecular flexibility index (Phi) is 5.41. The van der Waals surface area contributed by atoms with Crippen molar-refractivity contribution in [3.8, 4) is 0 Å². The molecule has 0 rings (SSSR count). The highest BCUT2D eigenvalue weighted by molar-refractivity contribution is 7.92. The van der Waals surface area contributed by atoms with Gasteiger partial charge in [0.15, 0.2) is 9.84 Å². The highest BCUT2D eigenvalue weighted by atomic mass is 32.2. The van der Waals surface area contributed by atoms with Gasteiger partial charge in [-0.3, -0.25) is 0 Å². The van der Waals surface area contributed by atoms with E-state index in [1.165, 1.54) is 12.5 Å². The van der Waals surface area contributed by atoms with E-state index < -0.39 is 24.4 Å². The average molecular weight is 271 g/mol. The van der Waals surface area contributed by atoms with Crippen LogP contribution in [-0.2, 0) is 19.7 Å². The van der Waals surface area contributed by atoms with Gasteiger partial charge in [0.1, 0.15) is 9.84 Å². The maximum Gasteiger partial charge on any atom is 0.153 e. The van der Waals surface area contributed by atoms with Gasteiger partial charge in [0.25, 0.3) is 0 Å². The maximum absolute atomic E-state index is 11.3. The van der Waals surface area contributed by atoms with E-state index in [2.05, 4.69) is 5.32 Å². The van der Waals surface area contributed by atoms with Crippen LogP contribution in [0.5, 0.6) is 0 Å². The van der Waals surface area contributed by atoms with E-state index in [0.29, 0.717) is 19.5 Å². The Hall–Kier alpha value is -0.140. The fraction of sp³-hybridized carbons (Fsp3) is 1.00. The van der Waals surface area contributed by atoms with Gasteiger partial charge >= 0.3 is 0 Å². The number of rotatable bonds is 7. The highest BCUT2D eigenvalue weighted by Gasteiger charge is 2.29. The molecule has 0 fully saturated rings. The first-order valence-electron chi connectivity index (χ1n) is 5.04. The van der Waals surface area contributed by atoms with Crippen LogP contribution in [0.1, 0.15) is 20.3 Å². The van der Waals surface area contributed by atoms with Gasteiger partial charge in [-0.15, -0.1) is 0 Å². The fourth-order valence-corrected chi connectivity index (χ4v) is 2.01. The molecule has 0 atom stereocenters. The van der Waals surface area contributed by atoms with Crippen LogP contribution in [0.2, 0.25) is 0 Å². The van der Waals surface area contributed by atoms with Crippen molar-refractivity contribution < 1.29 is 16.8 Å². The van der Waals surface area contributed by atoms with Crippen molar-refractivity contribution in [2.75, 3.05) is 31.4 Å². The third-order valence-electron chi connectivity index (χ3n) is 2.42. The molecule has 0 aromatic heterocycles. The third kappa shape index (κ3) is 6.44. The first kappa shape index (κ1) is 15.9. The summed E-state index contributed by atoms with van der Waals surface area (Å²) in [5.41, 5.74) is 0. The van der Waals surface area contributed by atoms with Gasteiger partial charge in [0.2, 0.25) is 0 Å². The summed E-state index contributed by atoms with van der Waals surface area (Å²) in [6.45, 7) is 4.12. The van der Waals surface area contributed by atoms with Crippen LogP contribution in [0.4, 0.5) is 0 Å². The van der Waals surface area contributed by atoms with Crippen LogP contribution in [0.15, 0.2) is 0 Å². The van der Waals surface area contributed by atoms with Crippen molar-refractivity contribution in [2.24, 2.45) is 0 Å². The van der Waals surface area contributed by atoms with Gasteiger partial charge in [-0.25, -0.2) is 16.8 Å². The molecule has 0 radical (unpaired) electrons. The lowest BCUT2D eigenvalue weighted by Crippen LogP contribution is -2.42. The quantitative estimate of drug-likeness (QED) is 0.651. The zero-order chi connectivity index (χ0) is 13.0. The van der Waals surface area contributed by atoms with Crippen LogP contribution in [0.3, 0.4) is 0 Å². The molecule has 0 spiro atoms. The molecule has 0 amide bonds. The van der Waals surface area contributed by atoms with Crippen molar-refractivity contribution in [1.29, 1.82) is 0 Å². The van der Waals surface area contributed by atoms with Gasteiger partial charge in [-0.05, 0) is 26.8 Å². The lowest BCUT2D eigenvalue weighted by atomic mass is 10.2. The number of hydrogen-bond donors (Lipinski definition) is 1. The molecule has 0 aromatic rings. The summed E-state index contributed by atoms with van der Waals surface area (Å²) in [7, 11) is -6.03. The number of nitrogens with one attached hydrogen (secondary N) is 1. The summed E-state index contributed by atoms with van der Waals surface area (Å²) >= 11 is 0. The monoisotopic (exact) mass is 271 g/mol. The van der Waals surface area contributed by atoms with Crippen LogP contribution in [0.25, 0.3) is 0 Å². The standard InChI is InChI=1S/C9H21NO4S2/c1-9(2,16(4,13)14)8-10-6-5-7-15(3,11)12/h10H,5-8H2,1-4H3. The minimum absolute atomic E-state index is 0.124. The molecule has 0 aliphatic carbocycles. The van der Waals surface area contributed by atoms with Crippen molar-refractivity contribution in [1.82, 2.24) is 5.32 Å². The van der Waals surface area contributed by atoms with Gasteiger partial charge in [0.05, 0.1) is 10.5 Å². The van der Waals surface area contributed by atoms with Crippen molar-refractivity contribution >= 4 is 19.7 Å². The Bertz CT molecular complexity index is 409. The Labute approximate surface area is 98.5 Å². The second-order valence-corrected chi connectivity index (χ2v) is 9.60. The average Bonchev–Trinajstić information content (AvgIpc) is 1.98. The molecule has 0 saturated carbocycles. The van der Waals surface area contributed by atoms with Crippen LogP contribution in [0, 0.1) is 0 Å². The highest BCUT2D eigenvalue weighted by Crippen LogP contribution is 2.13. The van der Waals surface area contributed by atoms with Gasteiger partial charge in [0, 0.05) is 19.1 Å². The third-order valence-corrected chi connectivity index (χ3v) is 5.61. The second-order valence-electron chi connectivity index (χ2n) is 4.69. The summed E-state index contributed by atoms with van der Waals surface area (Å²) in [4.78, 5) is 0. The lowest BCUT2D eigenvalue weighted by Gasteiger charge is -2.22. The molecule has 16 heavy (non-hydrogen) atoms. The minimum Gasteiger partial charge on any atom is -0.315 e. The number of sulfone groups is 2. The first-order chi connectivity index (χ1) is 6.96. The normalized spacial score (nSPS) is 14.0. The van der Waals surface area contributed by atoms with E-state index in [0.717, 1.165) is 0 Å². The minimum atomic E-state index is -3.10. The summed E-state index contributed by atoms with van der Waals surface area (Å²) < 4.78 is 43.5. The van der Waals surface area contributed by atoms with E-state index in [4.69, 9.17) is 0 Å². The van der Waals surface area contributed by atoms with Crippen LogP contribution < -0.4 is 5.32 Å². The molecule has 0 unspecified atom stereocenters. The lowest BCUT2D eigenvalue weighted by molar-refractivity contribution is 0.520. The molecule has 0 aliphatic heterocycles. The van der Waals surface area contributed by atoms with Gasteiger partial charge in [-0.2, -0.15) is 0 Å². The molecular formula is C9H21NO4S2. The van der Waals surface area contributed by atoms with Gasteiger partial charge in [-0.1, -0.05) is 0 Å². The molecule has 0 heterocycles. The van der Waals surface area contributed by atoms with Crippen molar-refractivity contribution in [3.05, 3.63) is 0 Å². The van der Waals surface area contributed by atoms with Crippen molar-refractivity contribution in [3.63, 3.8) is 0 Å². The zero-order valence-corrected chi connectivity index (χ0v) is 11.9. The summed E-state index contributed by atoms with van der Waals surface area (Å²) in [5, 5.41) is 2.96. The number of hydrogen-bond acceptors (Lipinski definition) is 5. The Balaban J connectivity index is 3.93. The molecule has 1 N–H and O–H groups in total. The van der Waals surface area contributed by atoms with E-state index in [1.807, 2.05) is 0 Å². The molecule has 0 aromatic carbocycles. The molecule has 0 bridgehead atoms. The van der Waals surface area contributed by atoms with Gasteiger partial charge < -0.3 is 5.32 Å². The van der Waals surface area contributed by atoms with E-state index in [-0.39, 0.29) is 5.75 Å². The van der Waals surface area contributed by atoms with Crippen LogP contribution >= 0.6 is 0 Å². The van der Waals surface area contributed by atoms with Crippen LogP contribution in [-0.4, -0.2) is 52.9 Å². The maximum atomic E-state index is 11.3. The van der Waals surface area contributed by atoms with E-state index >= 15 is 0 Å². The predicted octanol–water partition coefficient (Wildman–Crippen LogP) is -0.166.